The van der Waals surface area contributed by atoms with E-state index >= 15 is 0 Å². The summed E-state index contributed by atoms with van der Waals surface area (Å²) in [6.07, 6.45) is 0.743. The number of hydrogen-bond acceptors (Lipinski definition) is 4. The Morgan fingerprint density at radius 1 is 1.45 bits per heavy atom. The Bertz CT molecular complexity index is 586. The van der Waals surface area contributed by atoms with Gasteiger partial charge >= 0.3 is 0 Å². The zero-order chi connectivity index (χ0) is 15.3. The van der Waals surface area contributed by atoms with Crippen molar-refractivity contribution < 1.29 is 17.9 Å². The minimum atomic E-state index is -3.78. The van der Waals surface area contributed by atoms with Gasteiger partial charge in [-0.25, -0.2) is 8.42 Å². The van der Waals surface area contributed by atoms with Crippen LogP contribution in [0.3, 0.4) is 0 Å². The number of carbonyl (C=O) groups is 1. The molecular weight excluding hydrogens is 302 g/mol. The summed E-state index contributed by atoms with van der Waals surface area (Å²) in [5.74, 6) is -0.259. The summed E-state index contributed by atoms with van der Waals surface area (Å²) in [4.78, 5) is 12.1. The normalized spacial score (nSPS) is 13.0. The van der Waals surface area contributed by atoms with E-state index in [0.29, 0.717) is 17.7 Å². The highest BCUT2D eigenvalue weighted by molar-refractivity contribution is 8.13. The molecule has 0 bridgehead atoms. The molecular formula is C13H18ClNO4S. The quantitative estimate of drug-likeness (QED) is 0.815. The summed E-state index contributed by atoms with van der Waals surface area (Å²) in [7, 11) is 3.05. The van der Waals surface area contributed by atoms with Crippen LogP contribution in [0.2, 0.25) is 0 Å². The summed E-state index contributed by atoms with van der Waals surface area (Å²) < 4.78 is 27.5. The maximum absolute atomic E-state index is 12.1. The fourth-order valence-electron chi connectivity index (χ4n) is 1.77. The number of aryl methyl sites for hydroxylation is 1. The molecule has 0 saturated carbocycles. The van der Waals surface area contributed by atoms with E-state index in [-0.39, 0.29) is 16.8 Å². The van der Waals surface area contributed by atoms with Crippen molar-refractivity contribution in [1.82, 2.24) is 5.32 Å². The Hall–Kier alpha value is -1.11. The van der Waals surface area contributed by atoms with Gasteiger partial charge in [-0.2, -0.15) is 0 Å². The van der Waals surface area contributed by atoms with Crippen LogP contribution in [-0.4, -0.2) is 34.1 Å². The third-order valence-corrected chi connectivity index (χ3v) is 4.27. The Morgan fingerprint density at radius 2 is 2.10 bits per heavy atom. The third kappa shape index (κ3) is 4.47. The highest BCUT2D eigenvalue weighted by Gasteiger charge is 2.17. The first kappa shape index (κ1) is 16.9. The van der Waals surface area contributed by atoms with Gasteiger partial charge in [-0.15, -0.1) is 0 Å². The van der Waals surface area contributed by atoms with Crippen molar-refractivity contribution in [2.45, 2.75) is 31.2 Å². The Morgan fingerprint density at radius 3 is 2.55 bits per heavy atom. The van der Waals surface area contributed by atoms with Gasteiger partial charge in [0.2, 0.25) is 0 Å². The topological polar surface area (TPSA) is 72.5 Å². The molecule has 1 rings (SSSR count). The summed E-state index contributed by atoms with van der Waals surface area (Å²) in [5.41, 5.74) is 0.972. The second kappa shape index (κ2) is 7.06. The number of methoxy groups -OCH3 is 1. The lowest BCUT2D eigenvalue weighted by Gasteiger charge is -2.16. The van der Waals surface area contributed by atoms with Gasteiger partial charge in [-0.1, -0.05) is 6.92 Å². The molecule has 0 aromatic heterocycles. The molecule has 1 amide bonds. The van der Waals surface area contributed by atoms with Crippen LogP contribution in [0.5, 0.6) is 0 Å². The van der Waals surface area contributed by atoms with E-state index in [1.807, 2.05) is 6.92 Å². The predicted octanol–water partition coefficient (Wildman–Crippen LogP) is 2.08. The fourth-order valence-corrected chi connectivity index (χ4v) is 2.60. The van der Waals surface area contributed by atoms with E-state index in [4.69, 9.17) is 15.4 Å². The zero-order valence-corrected chi connectivity index (χ0v) is 13.2. The second-order valence-electron chi connectivity index (χ2n) is 4.45. The summed E-state index contributed by atoms with van der Waals surface area (Å²) in [6, 6.07) is 4.08. The van der Waals surface area contributed by atoms with Crippen LogP contribution in [0.4, 0.5) is 0 Å². The molecule has 5 nitrogen and oxygen atoms in total. The lowest BCUT2D eigenvalue weighted by atomic mass is 10.1. The Kier molecular flexibility index (Phi) is 5.98. The molecule has 0 aliphatic rings. The van der Waals surface area contributed by atoms with Crippen molar-refractivity contribution >= 4 is 25.6 Å². The van der Waals surface area contributed by atoms with Gasteiger partial charge in [0, 0.05) is 23.4 Å². The number of benzene rings is 1. The van der Waals surface area contributed by atoms with Gasteiger partial charge in [0.05, 0.1) is 17.5 Å². The summed E-state index contributed by atoms with van der Waals surface area (Å²) in [6.45, 7) is 4.03. The molecule has 0 aliphatic heterocycles. The number of rotatable bonds is 6. The average molecular weight is 320 g/mol. The molecule has 0 radical (unpaired) electrons. The average Bonchev–Trinajstić information content (AvgIpc) is 2.36. The minimum Gasteiger partial charge on any atom is -0.383 e. The zero-order valence-electron chi connectivity index (χ0n) is 11.6. The molecule has 1 aromatic rings. The first-order valence-corrected chi connectivity index (χ1v) is 8.45. The predicted molar refractivity (Wildman–Crippen MR) is 77.6 cm³/mol. The van der Waals surface area contributed by atoms with E-state index in [0.717, 1.165) is 6.42 Å². The number of halogens is 1. The van der Waals surface area contributed by atoms with Crippen LogP contribution in [0, 0.1) is 6.92 Å². The number of carbonyl (C=O) groups excluding carboxylic acids is 1. The Balaban J connectivity index is 2.95. The second-order valence-corrected chi connectivity index (χ2v) is 7.01. The Labute approximate surface area is 123 Å². The monoisotopic (exact) mass is 319 g/mol. The molecule has 112 valence electrons. The standard InChI is InChI=1S/C13H18ClNO4S/c1-4-10(8-19-3)15-13(16)12-6-5-11(7-9(12)2)20(14,17)18/h5-7,10H,4,8H2,1-3H3,(H,15,16). The minimum absolute atomic E-state index is 0.0165. The van der Waals surface area contributed by atoms with Crippen LogP contribution in [0.1, 0.15) is 29.3 Å². The van der Waals surface area contributed by atoms with Crippen LogP contribution < -0.4 is 5.32 Å². The molecule has 0 heterocycles. The number of hydrogen-bond donors (Lipinski definition) is 1. The lowest BCUT2D eigenvalue weighted by molar-refractivity contribution is 0.0894. The smallest absolute Gasteiger partial charge is 0.261 e. The molecule has 1 atom stereocenters. The van der Waals surface area contributed by atoms with Crippen molar-refractivity contribution in [1.29, 1.82) is 0 Å². The highest BCUT2D eigenvalue weighted by atomic mass is 35.7. The van der Waals surface area contributed by atoms with E-state index in [1.165, 1.54) is 18.2 Å². The lowest BCUT2D eigenvalue weighted by Crippen LogP contribution is -2.37. The maximum Gasteiger partial charge on any atom is 0.261 e. The van der Waals surface area contributed by atoms with E-state index in [1.54, 1.807) is 14.0 Å². The van der Waals surface area contributed by atoms with Crippen molar-refractivity contribution in [3.63, 3.8) is 0 Å². The maximum atomic E-state index is 12.1. The van der Waals surface area contributed by atoms with E-state index in [2.05, 4.69) is 5.32 Å². The molecule has 0 fully saturated rings. The molecule has 0 aliphatic carbocycles. The third-order valence-electron chi connectivity index (χ3n) is 2.92. The number of ether oxygens (including phenoxy) is 1. The van der Waals surface area contributed by atoms with Gasteiger partial charge in [-0.3, -0.25) is 4.79 Å². The van der Waals surface area contributed by atoms with Crippen LogP contribution in [0.15, 0.2) is 23.1 Å². The van der Waals surface area contributed by atoms with Crippen LogP contribution in [-0.2, 0) is 13.8 Å². The van der Waals surface area contributed by atoms with Gasteiger partial charge in [0.15, 0.2) is 0 Å². The molecule has 7 heteroatoms. The molecule has 1 aromatic carbocycles. The largest absolute Gasteiger partial charge is 0.383 e. The van der Waals surface area contributed by atoms with Crippen LogP contribution >= 0.6 is 10.7 Å². The first-order valence-electron chi connectivity index (χ1n) is 6.14. The highest BCUT2D eigenvalue weighted by Crippen LogP contribution is 2.19. The van der Waals surface area contributed by atoms with Crippen molar-refractivity contribution in [2.24, 2.45) is 0 Å². The molecule has 1 N–H and O–H groups in total. The van der Waals surface area contributed by atoms with Crippen molar-refractivity contribution in [3.8, 4) is 0 Å². The first-order chi connectivity index (χ1) is 9.29. The molecule has 1 unspecified atom stereocenters. The van der Waals surface area contributed by atoms with Gasteiger partial charge < -0.3 is 10.1 Å². The van der Waals surface area contributed by atoms with Crippen molar-refractivity contribution in [3.05, 3.63) is 29.3 Å². The van der Waals surface area contributed by atoms with Gasteiger partial charge in [-0.05, 0) is 37.1 Å². The SMILES string of the molecule is CCC(COC)NC(=O)c1ccc(S(=O)(=O)Cl)cc1C. The number of amides is 1. The van der Waals surface area contributed by atoms with Gasteiger partial charge in [0.1, 0.15) is 0 Å². The van der Waals surface area contributed by atoms with Gasteiger partial charge in [0.25, 0.3) is 15.0 Å². The fraction of sp³-hybridized carbons (Fsp3) is 0.462. The van der Waals surface area contributed by atoms with E-state index < -0.39 is 9.05 Å². The summed E-state index contributed by atoms with van der Waals surface area (Å²) >= 11 is 0. The van der Waals surface area contributed by atoms with E-state index in [9.17, 15) is 13.2 Å². The van der Waals surface area contributed by atoms with Crippen LogP contribution in [0.25, 0.3) is 0 Å². The molecule has 0 saturated heterocycles. The summed E-state index contributed by atoms with van der Waals surface area (Å²) in [5, 5.41) is 2.84. The molecule has 20 heavy (non-hydrogen) atoms. The number of nitrogens with one attached hydrogen (secondary N) is 1. The molecule has 0 spiro atoms. The van der Waals surface area contributed by atoms with Crippen molar-refractivity contribution in [2.75, 3.05) is 13.7 Å².